The lowest BCUT2D eigenvalue weighted by Gasteiger charge is -2.21. The number of hydrogen-bond acceptors (Lipinski definition) is 4. The number of hydrogen-bond donors (Lipinski definition) is 0. The van der Waals surface area contributed by atoms with Gasteiger partial charge in [0.05, 0.1) is 6.61 Å². The van der Waals surface area contributed by atoms with Gasteiger partial charge in [-0.3, -0.25) is 4.90 Å². The highest BCUT2D eigenvalue weighted by molar-refractivity contribution is 5.98. The minimum atomic E-state index is -0.556. The molecule has 1 aliphatic heterocycles. The number of rotatable bonds is 5. The number of likely N-dealkylation sites (tertiary alicyclic amines) is 1. The third-order valence-corrected chi connectivity index (χ3v) is 4.06. The molecule has 23 heavy (non-hydrogen) atoms. The second-order valence-electron chi connectivity index (χ2n) is 5.78. The molecule has 0 aliphatic carbocycles. The van der Waals surface area contributed by atoms with Crippen LogP contribution in [0.1, 0.15) is 43.7 Å². The van der Waals surface area contributed by atoms with Crippen LogP contribution in [0.25, 0.3) is 6.08 Å². The number of ether oxygens (including phenoxy) is 1. The molecule has 0 radical (unpaired) electrons. The zero-order valence-corrected chi connectivity index (χ0v) is 13.8. The Hall–Kier alpha value is -2.12. The zero-order valence-electron chi connectivity index (χ0n) is 13.8. The summed E-state index contributed by atoms with van der Waals surface area (Å²) in [6, 6.07) is 9.89. The fraction of sp³-hybridized carbons (Fsp3) is 0.474. The van der Waals surface area contributed by atoms with E-state index in [0.717, 1.165) is 30.8 Å². The quantitative estimate of drug-likeness (QED) is 0.474. The van der Waals surface area contributed by atoms with Crippen molar-refractivity contribution in [2.45, 2.75) is 39.2 Å². The van der Waals surface area contributed by atoms with Crippen molar-refractivity contribution < 1.29 is 9.53 Å². The summed E-state index contributed by atoms with van der Waals surface area (Å²) < 4.78 is 4.93. The second kappa shape index (κ2) is 9.12. The van der Waals surface area contributed by atoms with Crippen molar-refractivity contribution in [1.82, 2.24) is 4.90 Å². The van der Waals surface area contributed by atoms with E-state index in [4.69, 9.17) is 4.74 Å². The van der Waals surface area contributed by atoms with Gasteiger partial charge in [0.1, 0.15) is 11.6 Å². The first-order chi connectivity index (χ1) is 11.2. The third kappa shape index (κ3) is 5.22. The summed E-state index contributed by atoms with van der Waals surface area (Å²) in [6.45, 7) is 5.09. The SMILES string of the molecule is CCOC(=O)/C(C#N)=C/c1ccccc1CN1CCCCCC1. The smallest absolute Gasteiger partial charge is 0.348 e. The van der Waals surface area contributed by atoms with Crippen molar-refractivity contribution in [2.24, 2.45) is 0 Å². The first-order valence-electron chi connectivity index (χ1n) is 8.33. The van der Waals surface area contributed by atoms with Gasteiger partial charge in [0.25, 0.3) is 0 Å². The lowest BCUT2D eigenvalue weighted by molar-refractivity contribution is -0.137. The largest absolute Gasteiger partial charge is 0.462 e. The van der Waals surface area contributed by atoms with Gasteiger partial charge in [-0.1, -0.05) is 37.1 Å². The molecular weight excluding hydrogens is 288 g/mol. The Morgan fingerprint density at radius 1 is 1.26 bits per heavy atom. The van der Waals surface area contributed by atoms with E-state index in [2.05, 4.69) is 11.0 Å². The molecule has 1 heterocycles. The van der Waals surface area contributed by atoms with E-state index < -0.39 is 5.97 Å². The number of esters is 1. The van der Waals surface area contributed by atoms with Crippen LogP contribution in [0.4, 0.5) is 0 Å². The molecule has 0 bridgehead atoms. The van der Waals surface area contributed by atoms with Crippen molar-refractivity contribution in [2.75, 3.05) is 19.7 Å². The molecule has 1 aromatic carbocycles. The van der Waals surface area contributed by atoms with Crippen molar-refractivity contribution in [1.29, 1.82) is 5.26 Å². The van der Waals surface area contributed by atoms with E-state index in [0.29, 0.717) is 0 Å². The topological polar surface area (TPSA) is 53.3 Å². The molecule has 122 valence electrons. The summed E-state index contributed by atoms with van der Waals surface area (Å²) in [4.78, 5) is 14.3. The maximum absolute atomic E-state index is 11.8. The average molecular weight is 312 g/mol. The summed E-state index contributed by atoms with van der Waals surface area (Å²) in [5.74, 6) is -0.556. The van der Waals surface area contributed by atoms with Crippen LogP contribution in [-0.4, -0.2) is 30.6 Å². The molecule has 4 nitrogen and oxygen atoms in total. The number of carbonyl (C=O) groups excluding carboxylic acids is 1. The van der Waals surface area contributed by atoms with Crippen LogP contribution in [0, 0.1) is 11.3 Å². The Balaban J connectivity index is 2.19. The van der Waals surface area contributed by atoms with Gasteiger partial charge in [0.15, 0.2) is 0 Å². The summed E-state index contributed by atoms with van der Waals surface area (Å²) in [5, 5.41) is 9.20. The highest BCUT2D eigenvalue weighted by atomic mass is 16.5. The normalized spacial score (nSPS) is 16.4. The Kier molecular flexibility index (Phi) is 6.83. The Labute approximate surface area is 138 Å². The van der Waals surface area contributed by atoms with Crippen molar-refractivity contribution >= 4 is 12.0 Å². The van der Waals surface area contributed by atoms with E-state index in [9.17, 15) is 10.1 Å². The van der Waals surface area contributed by atoms with E-state index in [1.165, 1.54) is 25.7 Å². The fourth-order valence-electron chi connectivity index (χ4n) is 2.86. The summed E-state index contributed by atoms with van der Waals surface area (Å²) in [5.41, 5.74) is 2.11. The molecule has 4 heteroatoms. The van der Waals surface area contributed by atoms with Gasteiger partial charge in [-0.15, -0.1) is 0 Å². The number of nitrogens with zero attached hydrogens (tertiary/aromatic N) is 2. The van der Waals surface area contributed by atoms with E-state index in [1.807, 2.05) is 24.3 Å². The van der Waals surface area contributed by atoms with Gasteiger partial charge < -0.3 is 4.74 Å². The molecule has 1 aliphatic rings. The van der Waals surface area contributed by atoms with E-state index >= 15 is 0 Å². The zero-order chi connectivity index (χ0) is 16.5. The minimum absolute atomic E-state index is 0.0511. The number of benzene rings is 1. The van der Waals surface area contributed by atoms with E-state index in [1.54, 1.807) is 13.0 Å². The van der Waals surface area contributed by atoms with Gasteiger partial charge in [0.2, 0.25) is 0 Å². The highest BCUT2D eigenvalue weighted by Gasteiger charge is 2.13. The molecule has 2 rings (SSSR count). The van der Waals surface area contributed by atoms with Crippen LogP contribution in [0.2, 0.25) is 0 Å². The average Bonchev–Trinajstić information content (AvgIpc) is 2.83. The van der Waals surface area contributed by atoms with Gasteiger partial charge in [-0.05, 0) is 50.1 Å². The molecule has 1 fully saturated rings. The molecule has 1 saturated heterocycles. The molecule has 0 N–H and O–H groups in total. The van der Waals surface area contributed by atoms with Crippen molar-refractivity contribution in [3.05, 3.63) is 41.0 Å². The molecule has 0 unspecified atom stereocenters. The van der Waals surface area contributed by atoms with E-state index in [-0.39, 0.29) is 12.2 Å². The Morgan fingerprint density at radius 2 is 1.96 bits per heavy atom. The predicted molar refractivity (Wildman–Crippen MR) is 90.4 cm³/mol. The summed E-state index contributed by atoms with van der Waals surface area (Å²) in [6.07, 6.45) is 6.73. The first-order valence-corrected chi connectivity index (χ1v) is 8.33. The van der Waals surface area contributed by atoms with Gasteiger partial charge in [-0.25, -0.2) is 4.79 Å². The third-order valence-electron chi connectivity index (χ3n) is 4.06. The highest BCUT2D eigenvalue weighted by Crippen LogP contribution is 2.18. The van der Waals surface area contributed by atoms with Crippen LogP contribution in [0.15, 0.2) is 29.8 Å². The molecule has 0 amide bonds. The van der Waals surface area contributed by atoms with Gasteiger partial charge in [-0.2, -0.15) is 5.26 Å². The predicted octanol–water partition coefficient (Wildman–Crippen LogP) is 3.53. The Morgan fingerprint density at radius 3 is 2.61 bits per heavy atom. The monoisotopic (exact) mass is 312 g/mol. The maximum atomic E-state index is 11.8. The van der Waals surface area contributed by atoms with Crippen LogP contribution < -0.4 is 0 Å². The first kappa shape index (κ1) is 17.2. The number of nitriles is 1. The summed E-state index contributed by atoms with van der Waals surface area (Å²) in [7, 11) is 0. The summed E-state index contributed by atoms with van der Waals surface area (Å²) >= 11 is 0. The second-order valence-corrected chi connectivity index (χ2v) is 5.78. The van der Waals surface area contributed by atoms with Crippen LogP contribution >= 0.6 is 0 Å². The lowest BCUT2D eigenvalue weighted by atomic mass is 10.0. The fourth-order valence-corrected chi connectivity index (χ4v) is 2.86. The maximum Gasteiger partial charge on any atom is 0.348 e. The molecule has 1 aromatic rings. The van der Waals surface area contributed by atoms with Gasteiger partial charge >= 0.3 is 5.97 Å². The Bertz CT molecular complexity index is 594. The standard InChI is InChI=1S/C19H24N2O2/c1-2-23-19(22)18(14-20)13-16-9-5-6-10-17(16)15-21-11-7-3-4-8-12-21/h5-6,9-10,13H,2-4,7-8,11-12,15H2,1H3/b18-13+. The van der Waals surface area contributed by atoms with Crippen LogP contribution in [0.5, 0.6) is 0 Å². The minimum Gasteiger partial charge on any atom is -0.462 e. The van der Waals surface area contributed by atoms with Crippen LogP contribution in [0.3, 0.4) is 0 Å². The van der Waals surface area contributed by atoms with Crippen molar-refractivity contribution in [3.8, 4) is 6.07 Å². The van der Waals surface area contributed by atoms with Crippen LogP contribution in [-0.2, 0) is 16.1 Å². The van der Waals surface area contributed by atoms with Crippen molar-refractivity contribution in [3.63, 3.8) is 0 Å². The van der Waals surface area contributed by atoms with Gasteiger partial charge in [0, 0.05) is 6.54 Å². The molecule has 0 aromatic heterocycles. The molecule has 0 atom stereocenters. The molecule has 0 saturated carbocycles. The number of carbonyl (C=O) groups is 1. The molecular formula is C19H24N2O2. The molecule has 0 spiro atoms. The lowest BCUT2D eigenvalue weighted by Crippen LogP contribution is -2.24.